The van der Waals surface area contributed by atoms with Crippen molar-refractivity contribution in [2.75, 3.05) is 32.8 Å². The minimum Gasteiger partial charge on any atom is -0.469 e. The third kappa shape index (κ3) is 4.97. The zero-order valence-corrected chi connectivity index (χ0v) is 15.8. The molecule has 1 saturated heterocycles. The lowest BCUT2D eigenvalue weighted by atomic mass is 10.2. The van der Waals surface area contributed by atoms with Gasteiger partial charge in [0, 0.05) is 26.2 Å². The van der Waals surface area contributed by atoms with Crippen molar-refractivity contribution in [1.82, 2.24) is 19.4 Å². The minimum absolute atomic E-state index is 0.0575. The fourth-order valence-electron chi connectivity index (χ4n) is 2.72. The number of aromatic nitrogens is 2. The molecule has 1 aliphatic heterocycles. The highest BCUT2D eigenvalue weighted by molar-refractivity contribution is 7.88. The van der Waals surface area contributed by atoms with E-state index in [9.17, 15) is 8.42 Å². The molecule has 2 aromatic rings. The maximum atomic E-state index is 12.6. The molecule has 0 spiro atoms. The molecule has 1 aromatic heterocycles. The summed E-state index contributed by atoms with van der Waals surface area (Å²) >= 11 is 1.44. The third-order valence-corrected chi connectivity index (χ3v) is 6.66. The van der Waals surface area contributed by atoms with E-state index in [0.717, 1.165) is 10.6 Å². The van der Waals surface area contributed by atoms with Gasteiger partial charge in [-0.05, 0) is 12.5 Å². The van der Waals surface area contributed by atoms with Gasteiger partial charge < -0.3 is 4.74 Å². The highest BCUT2D eigenvalue weighted by atomic mass is 32.2. The van der Waals surface area contributed by atoms with E-state index in [4.69, 9.17) is 4.74 Å². The predicted octanol–water partition coefficient (Wildman–Crippen LogP) is 1.58. The number of hydrogen-bond donors (Lipinski definition) is 0. The van der Waals surface area contributed by atoms with Crippen LogP contribution in [-0.2, 0) is 22.3 Å². The molecule has 1 aliphatic rings. The van der Waals surface area contributed by atoms with Crippen molar-refractivity contribution in [1.29, 1.82) is 0 Å². The smallest absolute Gasteiger partial charge is 0.294 e. The summed E-state index contributed by atoms with van der Waals surface area (Å²) in [6.07, 6.45) is 0. The summed E-state index contributed by atoms with van der Waals surface area (Å²) < 4.78 is 32.1. The second kappa shape index (κ2) is 8.22. The van der Waals surface area contributed by atoms with Crippen molar-refractivity contribution in [3.63, 3.8) is 0 Å². The molecule has 9 heteroatoms. The molecular formula is C16H22N4O3S2. The highest BCUT2D eigenvalue weighted by Gasteiger charge is 2.27. The number of hydrogen-bond acceptors (Lipinski definition) is 7. The number of ether oxygens (including phenoxy) is 1. The van der Waals surface area contributed by atoms with E-state index in [2.05, 4.69) is 15.1 Å². The Hall–Kier alpha value is -1.55. The van der Waals surface area contributed by atoms with Crippen LogP contribution >= 0.6 is 11.3 Å². The van der Waals surface area contributed by atoms with Gasteiger partial charge in [-0.25, -0.2) is 8.42 Å². The van der Waals surface area contributed by atoms with Gasteiger partial charge in [-0.2, -0.15) is 4.31 Å². The van der Waals surface area contributed by atoms with Crippen molar-refractivity contribution in [3.8, 4) is 5.19 Å². The van der Waals surface area contributed by atoms with Gasteiger partial charge in [-0.3, -0.25) is 4.90 Å². The maximum Gasteiger partial charge on any atom is 0.294 e. The Bertz CT molecular complexity index is 772. The van der Waals surface area contributed by atoms with Gasteiger partial charge >= 0.3 is 0 Å². The summed E-state index contributed by atoms with van der Waals surface area (Å²) in [6, 6.07) is 9.31. The van der Waals surface area contributed by atoms with Crippen LogP contribution in [-0.4, -0.2) is 60.6 Å². The van der Waals surface area contributed by atoms with Crippen molar-refractivity contribution in [2.24, 2.45) is 0 Å². The number of nitrogens with zero attached hydrogens (tertiary/aromatic N) is 4. The molecule has 2 heterocycles. The van der Waals surface area contributed by atoms with E-state index in [0.29, 0.717) is 44.5 Å². The molecule has 0 saturated carbocycles. The summed E-state index contributed by atoms with van der Waals surface area (Å²) in [5, 5.41) is 9.59. The van der Waals surface area contributed by atoms with Crippen molar-refractivity contribution in [2.45, 2.75) is 19.2 Å². The molecule has 7 nitrogen and oxygen atoms in total. The summed E-state index contributed by atoms with van der Waals surface area (Å²) in [4.78, 5) is 2.20. The van der Waals surface area contributed by atoms with Gasteiger partial charge in [0.25, 0.3) is 5.19 Å². The molecule has 3 rings (SSSR count). The predicted molar refractivity (Wildman–Crippen MR) is 97.0 cm³/mol. The Kier molecular flexibility index (Phi) is 6.00. The van der Waals surface area contributed by atoms with Crippen molar-refractivity contribution in [3.05, 3.63) is 40.9 Å². The SMILES string of the molecule is CCOc1nnc(CN2CCN(S(=O)(=O)Cc3ccccc3)CC2)s1. The average Bonchev–Trinajstić information content (AvgIpc) is 3.03. The molecule has 0 unspecified atom stereocenters. The first-order valence-corrected chi connectivity index (χ1v) is 10.7. The number of rotatable bonds is 7. The van der Waals surface area contributed by atoms with Gasteiger partial charge in [-0.15, -0.1) is 10.2 Å². The van der Waals surface area contributed by atoms with Crippen LogP contribution in [0.3, 0.4) is 0 Å². The Labute approximate surface area is 152 Å². The lowest BCUT2D eigenvalue weighted by Gasteiger charge is -2.33. The topological polar surface area (TPSA) is 75.6 Å². The Morgan fingerprint density at radius 3 is 2.52 bits per heavy atom. The zero-order valence-electron chi connectivity index (χ0n) is 14.2. The molecule has 0 atom stereocenters. The second-order valence-electron chi connectivity index (χ2n) is 5.81. The van der Waals surface area contributed by atoms with Gasteiger partial charge in [0.05, 0.1) is 18.9 Å². The van der Waals surface area contributed by atoms with Crippen LogP contribution < -0.4 is 4.74 Å². The monoisotopic (exact) mass is 382 g/mol. The molecule has 0 N–H and O–H groups in total. The van der Waals surface area contributed by atoms with Gasteiger partial charge in [0.15, 0.2) is 0 Å². The fraction of sp³-hybridized carbons (Fsp3) is 0.500. The van der Waals surface area contributed by atoms with E-state index in [1.807, 2.05) is 37.3 Å². The van der Waals surface area contributed by atoms with Crippen LogP contribution in [0.2, 0.25) is 0 Å². The van der Waals surface area contributed by atoms with Crippen LogP contribution in [0.5, 0.6) is 5.19 Å². The normalized spacial score (nSPS) is 16.8. The first-order chi connectivity index (χ1) is 12.1. The quantitative estimate of drug-likeness (QED) is 0.724. The van der Waals surface area contributed by atoms with Crippen LogP contribution in [0.25, 0.3) is 0 Å². The fourth-order valence-corrected chi connectivity index (χ4v) is 5.02. The van der Waals surface area contributed by atoms with Gasteiger partial charge in [0.2, 0.25) is 10.0 Å². The summed E-state index contributed by atoms with van der Waals surface area (Å²) in [5.41, 5.74) is 0.822. The lowest BCUT2D eigenvalue weighted by Crippen LogP contribution is -2.48. The molecule has 136 valence electrons. The zero-order chi connectivity index (χ0) is 17.7. The molecule has 1 fully saturated rings. The molecule has 0 bridgehead atoms. The van der Waals surface area contributed by atoms with Crippen LogP contribution in [0.1, 0.15) is 17.5 Å². The number of sulfonamides is 1. The van der Waals surface area contributed by atoms with E-state index >= 15 is 0 Å². The van der Waals surface area contributed by atoms with Gasteiger partial charge in [-0.1, -0.05) is 41.7 Å². The highest BCUT2D eigenvalue weighted by Crippen LogP contribution is 2.20. The first kappa shape index (κ1) is 18.2. The lowest BCUT2D eigenvalue weighted by molar-refractivity contribution is 0.181. The molecule has 0 aliphatic carbocycles. The van der Waals surface area contributed by atoms with E-state index in [1.165, 1.54) is 11.3 Å². The standard InChI is InChI=1S/C16H22N4O3S2/c1-2-23-16-18-17-15(24-16)12-19-8-10-20(11-9-19)25(21,22)13-14-6-4-3-5-7-14/h3-7H,2,8-13H2,1H3. The first-order valence-electron chi connectivity index (χ1n) is 8.26. The minimum atomic E-state index is -3.27. The summed E-state index contributed by atoms with van der Waals surface area (Å²) in [7, 11) is -3.27. The summed E-state index contributed by atoms with van der Waals surface area (Å²) in [6.45, 7) is 5.56. The Morgan fingerprint density at radius 1 is 1.12 bits per heavy atom. The molecular weight excluding hydrogens is 360 g/mol. The van der Waals surface area contributed by atoms with Crippen molar-refractivity contribution >= 4 is 21.4 Å². The third-order valence-electron chi connectivity index (χ3n) is 3.99. The molecule has 0 radical (unpaired) electrons. The van der Waals surface area contributed by atoms with Gasteiger partial charge in [0.1, 0.15) is 5.01 Å². The number of benzene rings is 1. The Balaban J connectivity index is 1.52. The molecule has 1 aromatic carbocycles. The number of piperazine rings is 1. The largest absolute Gasteiger partial charge is 0.469 e. The average molecular weight is 383 g/mol. The second-order valence-corrected chi connectivity index (χ2v) is 8.81. The van der Waals surface area contributed by atoms with Crippen LogP contribution in [0.15, 0.2) is 30.3 Å². The van der Waals surface area contributed by atoms with E-state index in [-0.39, 0.29) is 5.75 Å². The molecule has 25 heavy (non-hydrogen) atoms. The van der Waals surface area contributed by atoms with Crippen LogP contribution in [0.4, 0.5) is 0 Å². The summed E-state index contributed by atoms with van der Waals surface area (Å²) in [5.74, 6) is 0.0575. The van der Waals surface area contributed by atoms with E-state index in [1.54, 1.807) is 4.31 Å². The maximum absolute atomic E-state index is 12.6. The van der Waals surface area contributed by atoms with E-state index < -0.39 is 10.0 Å². The van der Waals surface area contributed by atoms with Crippen LogP contribution in [0, 0.1) is 0 Å². The molecule has 0 amide bonds. The van der Waals surface area contributed by atoms with Crippen molar-refractivity contribution < 1.29 is 13.2 Å². The Morgan fingerprint density at radius 2 is 1.84 bits per heavy atom.